The van der Waals surface area contributed by atoms with Crippen molar-refractivity contribution in [3.63, 3.8) is 0 Å². The molecular weight excluding hydrogens is 306 g/mol. The van der Waals surface area contributed by atoms with Crippen molar-refractivity contribution < 1.29 is 4.52 Å². The maximum atomic E-state index is 5.94. The zero-order valence-electron chi connectivity index (χ0n) is 10.9. The van der Waals surface area contributed by atoms with Crippen molar-refractivity contribution in [2.24, 2.45) is 0 Å². The highest BCUT2D eigenvalue weighted by molar-refractivity contribution is 7.19. The number of aromatic nitrogens is 3. The first kappa shape index (κ1) is 12.6. The molecule has 3 aromatic heterocycles. The van der Waals surface area contributed by atoms with Crippen LogP contribution in [0.15, 0.2) is 53.3 Å². The van der Waals surface area contributed by atoms with Gasteiger partial charge in [0.1, 0.15) is 5.69 Å². The van der Waals surface area contributed by atoms with Gasteiger partial charge in [0, 0.05) is 6.07 Å². The lowest BCUT2D eigenvalue weighted by molar-refractivity contribution is 0.422. The largest absolute Gasteiger partial charge is 0.355 e. The van der Waals surface area contributed by atoms with E-state index in [4.69, 9.17) is 16.1 Å². The Labute approximate surface area is 129 Å². The maximum Gasteiger partial charge on any atom is 0.177 e. The summed E-state index contributed by atoms with van der Waals surface area (Å²) in [6.07, 6.45) is 1.82. The fraction of sp³-hybridized carbons (Fsp3) is 0.0667. The van der Waals surface area contributed by atoms with Crippen LogP contribution in [0.1, 0.15) is 5.69 Å². The van der Waals surface area contributed by atoms with Gasteiger partial charge in [0.15, 0.2) is 5.76 Å². The van der Waals surface area contributed by atoms with Crippen molar-refractivity contribution in [2.45, 2.75) is 6.54 Å². The van der Waals surface area contributed by atoms with Crippen LogP contribution in [0.4, 0.5) is 0 Å². The van der Waals surface area contributed by atoms with E-state index >= 15 is 0 Å². The van der Waals surface area contributed by atoms with Crippen molar-refractivity contribution in [3.8, 4) is 10.6 Å². The second-order valence-corrected chi connectivity index (χ2v) is 6.36. The Hall–Kier alpha value is -2.11. The summed E-state index contributed by atoms with van der Waals surface area (Å²) >= 11 is 7.42. The molecule has 3 heterocycles. The zero-order valence-corrected chi connectivity index (χ0v) is 12.4. The highest BCUT2D eigenvalue weighted by atomic mass is 35.5. The lowest BCUT2D eigenvalue weighted by Gasteiger charge is -1.99. The van der Waals surface area contributed by atoms with E-state index in [1.165, 1.54) is 11.3 Å². The predicted molar refractivity (Wildman–Crippen MR) is 83.7 cm³/mol. The highest BCUT2D eigenvalue weighted by Gasteiger charge is 2.10. The lowest BCUT2D eigenvalue weighted by atomic mass is 10.3. The maximum absolute atomic E-state index is 5.94. The molecule has 0 aliphatic rings. The molecule has 0 fully saturated rings. The Morgan fingerprint density at radius 3 is 2.95 bits per heavy atom. The zero-order chi connectivity index (χ0) is 14.2. The molecule has 0 aliphatic carbocycles. The Morgan fingerprint density at radius 1 is 1.19 bits per heavy atom. The van der Waals surface area contributed by atoms with E-state index in [1.807, 2.05) is 48.8 Å². The predicted octanol–water partition coefficient (Wildman–Crippen LogP) is 4.45. The van der Waals surface area contributed by atoms with Crippen molar-refractivity contribution in [2.75, 3.05) is 0 Å². The van der Waals surface area contributed by atoms with Gasteiger partial charge < -0.3 is 9.09 Å². The highest BCUT2D eigenvalue weighted by Crippen LogP contribution is 2.31. The molecule has 21 heavy (non-hydrogen) atoms. The number of hydrogen-bond acceptors (Lipinski definition) is 4. The van der Waals surface area contributed by atoms with E-state index in [9.17, 15) is 0 Å². The quantitative estimate of drug-likeness (QED) is 0.561. The number of benzene rings is 1. The van der Waals surface area contributed by atoms with E-state index in [0.29, 0.717) is 6.54 Å². The van der Waals surface area contributed by atoms with Crippen molar-refractivity contribution >= 4 is 34.0 Å². The third kappa shape index (κ3) is 2.34. The summed E-state index contributed by atoms with van der Waals surface area (Å²) in [5.41, 5.74) is 2.92. The summed E-state index contributed by atoms with van der Waals surface area (Å²) in [4.78, 5) is 5.35. The van der Waals surface area contributed by atoms with Crippen LogP contribution in [0.2, 0.25) is 4.34 Å². The third-order valence-corrected chi connectivity index (χ3v) is 4.48. The molecule has 0 saturated heterocycles. The lowest BCUT2D eigenvalue weighted by Crippen LogP contribution is -1.97. The van der Waals surface area contributed by atoms with Gasteiger partial charge in [-0.3, -0.25) is 0 Å². The minimum atomic E-state index is 0.628. The molecule has 0 spiro atoms. The van der Waals surface area contributed by atoms with E-state index in [2.05, 4.69) is 14.7 Å². The summed E-state index contributed by atoms with van der Waals surface area (Å²) in [7, 11) is 0. The first-order valence-electron chi connectivity index (χ1n) is 6.41. The molecule has 104 valence electrons. The first-order chi connectivity index (χ1) is 10.3. The van der Waals surface area contributed by atoms with Gasteiger partial charge in [0.25, 0.3) is 0 Å². The van der Waals surface area contributed by atoms with Crippen LogP contribution >= 0.6 is 22.9 Å². The topological polar surface area (TPSA) is 43.9 Å². The van der Waals surface area contributed by atoms with Crippen LogP contribution in [0, 0.1) is 0 Å². The van der Waals surface area contributed by atoms with Crippen LogP contribution in [-0.2, 0) is 6.54 Å². The summed E-state index contributed by atoms with van der Waals surface area (Å²) < 4.78 is 8.19. The first-order valence-corrected chi connectivity index (χ1v) is 7.60. The Kier molecular flexibility index (Phi) is 3.02. The van der Waals surface area contributed by atoms with Crippen molar-refractivity contribution in [1.82, 2.24) is 14.7 Å². The fourth-order valence-corrected chi connectivity index (χ4v) is 3.25. The number of hydrogen-bond donors (Lipinski definition) is 0. The number of rotatable bonds is 3. The van der Waals surface area contributed by atoms with Crippen LogP contribution in [0.3, 0.4) is 0 Å². The molecule has 0 unspecified atom stereocenters. The molecule has 4 nitrogen and oxygen atoms in total. The van der Waals surface area contributed by atoms with Crippen LogP contribution < -0.4 is 0 Å². The van der Waals surface area contributed by atoms with Gasteiger partial charge in [-0.15, -0.1) is 11.3 Å². The third-order valence-electron chi connectivity index (χ3n) is 3.23. The molecular formula is C15H10ClN3OS. The molecule has 1 aromatic carbocycles. The van der Waals surface area contributed by atoms with Gasteiger partial charge >= 0.3 is 0 Å². The molecule has 6 heteroatoms. The molecule has 4 aromatic rings. The SMILES string of the molecule is Clc1ccc(-c2cc(Cn3cnc4ccccc43)no2)s1. The monoisotopic (exact) mass is 315 g/mol. The van der Waals surface area contributed by atoms with E-state index in [0.717, 1.165) is 31.7 Å². The Bertz CT molecular complexity index is 908. The smallest absolute Gasteiger partial charge is 0.177 e. The summed E-state index contributed by atoms with van der Waals surface area (Å²) in [5.74, 6) is 0.742. The normalized spacial score (nSPS) is 11.3. The number of thiophene rings is 1. The standard InChI is InChI=1S/C15H10ClN3OS/c16-15-6-5-14(21-15)13-7-10(18-20-13)8-19-9-17-11-3-1-2-4-12(11)19/h1-7,9H,8H2. The van der Waals surface area contributed by atoms with Gasteiger partial charge in [0.2, 0.25) is 0 Å². The molecule has 0 saturated carbocycles. The van der Waals surface area contributed by atoms with Gasteiger partial charge in [-0.25, -0.2) is 4.98 Å². The molecule has 4 rings (SSSR count). The number of imidazole rings is 1. The average Bonchev–Trinajstić information content (AvgIpc) is 3.20. The summed E-state index contributed by atoms with van der Waals surface area (Å²) in [6, 6.07) is 13.8. The number of halogens is 1. The average molecular weight is 316 g/mol. The molecule has 0 aliphatic heterocycles. The molecule has 0 N–H and O–H groups in total. The number of nitrogens with zero attached hydrogens (tertiary/aromatic N) is 3. The minimum absolute atomic E-state index is 0.628. The van der Waals surface area contributed by atoms with E-state index in [1.54, 1.807) is 0 Å². The molecule has 0 amide bonds. The number of fused-ring (bicyclic) bond motifs is 1. The summed E-state index contributed by atoms with van der Waals surface area (Å²) in [5, 5.41) is 4.12. The number of para-hydroxylation sites is 2. The second kappa shape index (κ2) is 5.02. The molecule has 0 radical (unpaired) electrons. The van der Waals surface area contributed by atoms with Gasteiger partial charge in [-0.05, 0) is 24.3 Å². The minimum Gasteiger partial charge on any atom is -0.355 e. The van der Waals surface area contributed by atoms with Crippen molar-refractivity contribution in [3.05, 3.63) is 58.8 Å². The summed E-state index contributed by atoms with van der Waals surface area (Å²) in [6.45, 7) is 0.628. The van der Waals surface area contributed by atoms with E-state index < -0.39 is 0 Å². The second-order valence-electron chi connectivity index (χ2n) is 4.65. The van der Waals surface area contributed by atoms with Gasteiger partial charge in [-0.1, -0.05) is 28.9 Å². The Balaban J connectivity index is 1.64. The van der Waals surface area contributed by atoms with Crippen LogP contribution in [-0.4, -0.2) is 14.7 Å². The van der Waals surface area contributed by atoms with Crippen LogP contribution in [0.5, 0.6) is 0 Å². The molecule has 0 atom stereocenters. The fourth-order valence-electron chi connectivity index (χ4n) is 2.26. The van der Waals surface area contributed by atoms with Gasteiger partial charge in [-0.2, -0.15) is 0 Å². The van der Waals surface area contributed by atoms with Crippen LogP contribution in [0.25, 0.3) is 21.7 Å². The Morgan fingerprint density at radius 2 is 2.10 bits per heavy atom. The van der Waals surface area contributed by atoms with E-state index in [-0.39, 0.29) is 0 Å². The van der Waals surface area contributed by atoms with Gasteiger partial charge in [0.05, 0.1) is 33.1 Å². The molecule has 0 bridgehead atoms. The van der Waals surface area contributed by atoms with Crippen molar-refractivity contribution in [1.29, 1.82) is 0 Å².